The van der Waals surface area contributed by atoms with Crippen molar-refractivity contribution in [3.8, 4) is 5.75 Å². The predicted molar refractivity (Wildman–Crippen MR) is 80.6 cm³/mol. The number of methoxy groups -OCH3 is 2. The predicted octanol–water partition coefficient (Wildman–Crippen LogP) is 2.86. The van der Waals surface area contributed by atoms with Crippen LogP contribution in [0.2, 0.25) is 0 Å². The van der Waals surface area contributed by atoms with Gasteiger partial charge in [0.15, 0.2) is 0 Å². The van der Waals surface area contributed by atoms with E-state index in [1.807, 2.05) is 6.07 Å². The van der Waals surface area contributed by atoms with E-state index in [-0.39, 0.29) is 11.6 Å². The van der Waals surface area contributed by atoms with Gasteiger partial charge in [-0.1, -0.05) is 37.0 Å². The number of hydrogen-bond acceptors (Lipinski definition) is 4. The molecule has 1 fully saturated rings. The van der Waals surface area contributed by atoms with Crippen molar-refractivity contribution in [3.63, 3.8) is 0 Å². The smallest absolute Gasteiger partial charge is 0.123 e. The van der Waals surface area contributed by atoms with Gasteiger partial charge in [0.25, 0.3) is 0 Å². The van der Waals surface area contributed by atoms with E-state index < -0.39 is 0 Å². The van der Waals surface area contributed by atoms with Crippen LogP contribution in [0.3, 0.4) is 0 Å². The van der Waals surface area contributed by atoms with Gasteiger partial charge in [0.05, 0.1) is 18.8 Å². The third kappa shape index (κ3) is 2.82. The molecule has 2 rings (SSSR count). The van der Waals surface area contributed by atoms with Gasteiger partial charge in [0.1, 0.15) is 5.75 Å². The highest BCUT2D eigenvalue weighted by atomic mass is 16.5. The Bertz CT molecular complexity index is 442. The van der Waals surface area contributed by atoms with Gasteiger partial charge in [0.2, 0.25) is 0 Å². The molecule has 0 saturated heterocycles. The largest absolute Gasteiger partial charge is 0.496 e. The van der Waals surface area contributed by atoms with Gasteiger partial charge in [-0.2, -0.15) is 0 Å². The summed E-state index contributed by atoms with van der Waals surface area (Å²) in [7, 11) is 3.49. The third-order valence-corrected chi connectivity index (χ3v) is 4.50. The highest BCUT2D eigenvalue weighted by molar-refractivity contribution is 5.40. The minimum atomic E-state index is -0.242. The molecule has 4 heteroatoms. The van der Waals surface area contributed by atoms with E-state index in [0.29, 0.717) is 0 Å². The van der Waals surface area contributed by atoms with Crippen molar-refractivity contribution in [3.05, 3.63) is 29.3 Å². The maximum atomic E-state index is 5.93. The minimum absolute atomic E-state index is 0.0531. The lowest BCUT2D eigenvalue weighted by molar-refractivity contribution is -0.0692. The standard InChI is InChI=1S/C16H26N2O2/c1-12-7-8-14(19-2)13(11-12)15(18-17)16(20-3)9-5-4-6-10-16/h7-8,11,15,18H,4-6,9-10,17H2,1-3H3. The fraction of sp³-hybridized carbons (Fsp3) is 0.625. The lowest BCUT2D eigenvalue weighted by Crippen LogP contribution is -2.49. The molecule has 0 heterocycles. The molecular weight excluding hydrogens is 252 g/mol. The van der Waals surface area contributed by atoms with Crippen LogP contribution in [0.15, 0.2) is 18.2 Å². The molecule has 0 amide bonds. The minimum Gasteiger partial charge on any atom is -0.496 e. The number of nitrogens with one attached hydrogen (secondary N) is 1. The van der Waals surface area contributed by atoms with E-state index >= 15 is 0 Å². The van der Waals surface area contributed by atoms with Crippen molar-refractivity contribution in [2.75, 3.05) is 14.2 Å². The second-order valence-electron chi connectivity index (χ2n) is 5.67. The Kier molecular flexibility index (Phi) is 5.02. The Morgan fingerprint density at radius 1 is 1.20 bits per heavy atom. The Morgan fingerprint density at radius 3 is 2.45 bits per heavy atom. The molecule has 0 aliphatic heterocycles. The molecule has 1 aromatic rings. The number of benzene rings is 1. The zero-order valence-corrected chi connectivity index (χ0v) is 12.7. The second-order valence-corrected chi connectivity index (χ2v) is 5.67. The average Bonchev–Trinajstić information content (AvgIpc) is 2.49. The molecular formula is C16H26N2O2. The quantitative estimate of drug-likeness (QED) is 0.642. The van der Waals surface area contributed by atoms with Crippen LogP contribution in [0, 0.1) is 6.92 Å². The molecule has 1 aliphatic rings. The van der Waals surface area contributed by atoms with Gasteiger partial charge in [-0.05, 0) is 25.8 Å². The number of ether oxygens (including phenoxy) is 2. The lowest BCUT2D eigenvalue weighted by atomic mass is 9.76. The number of hydrogen-bond donors (Lipinski definition) is 2. The first-order valence-corrected chi connectivity index (χ1v) is 7.32. The molecule has 0 aromatic heterocycles. The first kappa shape index (κ1) is 15.3. The van der Waals surface area contributed by atoms with Gasteiger partial charge < -0.3 is 9.47 Å². The summed E-state index contributed by atoms with van der Waals surface area (Å²) in [4.78, 5) is 0. The van der Waals surface area contributed by atoms with Crippen molar-refractivity contribution >= 4 is 0 Å². The van der Waals surface area contributed by atoms with Crippen LogP contribution in [0.25, 0.3) is 0 Å². The van der Waals surface area contributed by atoms with E-state index in [1.165, 1.54) is 24.8 Å². The third-order valence-electron chi connectivity index (χ3n) is 4.50. The summed E-state index contributed by atoms with van der Waals surface area (Å²) in [6.45, 7) is 2.08. The SMILES string of the molecule is COc1ccc(C)cc1C(NN)C1(OC)CCCCC1. The van der Waals surface area contributed by atoms with E-state index in [2.05, 4.69) is 24.5 Å². The molecule has 4 nitrogen and oxygen atoms in total. The number of rotatable bonds is 5. The molecule has 112 valence electrons. The van der Waals surface area contributed by atoms with Crippen LogP contribution in [0.1, 0.15) is 49.3 Å². The van der Waals surface area contributed by atoms with E-state index in [0.717, 1.165) is 24.2 Å². The Morgan fingerprint density at radius 2 is 1.90 bits per heavy atom. The zero-order chi connectivity index (χ0) is 14.6. The number of hydrazine groups is 1. The van der Waals surface area contributed by atoms with E-state index in [9.17, 15) is 0 Å². The highest BCUT2D eigenvalue weighted by Gasteiger charge is 2.41. The molecule has 1 aromatic carbocycles. The molecule has 1 unspecified atom stereocenters. The summed E-state index contributed by atoms with van der Waals surface area (Å²) in [5.41, 5.74) is 5.01. The van der Waals surface area contributed by atoms with Crippen LogP contribution in [0.5, 0.6) is 5.75 Å². The topological polar surface area (TPSA) is 56.5 Å². The van der Waals surface area contributed by atoms with Crippen LogP contribution in [-0.2, 0) is 4.74 Å². The Hall–Kier alpha value is -1.10. The summed E-state index contributed by atoms with van der Waals surface area (Å²) >= 11 is 0. The van der Waals surface area contributed by atoms with Crippen LogP contribution >= 0.6 is 0 Å². The van der Waals surface area contributed by atoms with Crippen molar-refractivity contribution < 1.29 is 9.47 Å². The van der Waals surface area contributed by atoms with Crippen molar-refractivity contribution in [1.82, 2.24) is 5.43 Å². The number of aryl methyl sites for hydroxylation is 1. The van der Waals surface area contributed by atoms with Gasteiger partial charge in [-0.3, -0.25) is 5.84 Å². The summed E-state index contributed by atoms with van der Waals surface area (Å²) in [5, 5.41) is 0. The summed E-state index contributed by atoms with van der Waals surface area (Å²) < 4.78 is 11.4. The van der Waals surface area contributed by atoms with Gasteiger partial charge >= 0.3 is 0 Å². The maximum Gasteiger partial charge on any atom is 0.123 e. The molecule has 3 N–H and O–H groups in total. The summed E-state index contributed by atoms with van der Waals surface area (Å²) in [6.07, 6.45) is 5.68. The monoisotopic (exact) mass is 278 g/mol. The van der Waals surface area contributed by atoms with Crippen LogP contribution in [0.4, 0.5) is 0 Å². The lowest BCUT2D eigenvalue weighted by Gasteiger charge is -2.42. The van der Waals surface area contributed by atoms with Crippen molar-refractivity contribution in [1.29, 1.82) is 0 Å². The first-order valence-electron chi connectivity index (χ1n) is 7.32. The maximum absolute atomic E-state index is 5.93. The summed E-state index contributed by atoms with van der Waals surface area (Å²) in [5.74, 6) is 6.75. The summed E-state index contributed by atoms with van der Waals surface area (Å²) in [6, 6.07) is 6.14. The Balaban J connectivity index is 2.42. The molecule has 1 aliphatic carbocycles. The first-order chi connectivity index (χ1) is 9.66. The molecule has 1 atom stereocenters. The van der Waals surface area contributed by atoms with Crippen molar-refractivity contribution in [2.45, 2.75) is 50.7 Å². The Labute approximate surface area is 121 Å². The fourth-order valence-corrected chi connectivity index (χ4v) is 3.37. The van der Waals surface area contributed by atoms with Gasteiger partial charge in [-0.25, -0.2) is 5.43 Å². The second kappa shape index (κ2) is 6.57. The van der Waals surface area contributed by atoms with E-state index in [4.69, 9.17) is 15.3 Å². The van der Waals surface area contributed by atoms with Crippen molar-refractivity contribution in [2.24, 2.45) is 5.84 Å². The molecule has 0 bridgehead atoms. The average molecular weight is 278 g/mol. The fourth-order valence-electron chi connectivity index (χ4n) is 3.37. The van der Waals surface area contributed by atoms with E-state index in [1.54, 1.807) is 14.2 Å². The van der Waals surface area contributed by atoms with Crippen LogP contribution in [-0.4, -0.2) is 19.8 Å². The molecule has 20 heavy (non-hydrogen) atoms. The molecule has 0 spiro atoms. The zero-order valence-electron chi connectivity index (χ0n) is 12.7. The molecule has 0 radical (unpaired) electrons. The number of nitrogens with two attached hydrogens (primary N) is 1. The van der Waals surface area contributed by atoms with Crippen LogP contribution < -0.4 is 16.0 Å². The highest BCUT2D eigenvalue weighted by Crippen LogP contribution is 2.43. The molecule has 1 saturated carbocycles. The van der Waals surface area contributed by atoms with Gasteiger partial charge in [0, 0.05) is 12.7 Å². The van der Waals surface area contributed by atoms with Gasteiger partial charge in [-0.15, -0.1) is 0 Å². The normalized spacial score (nSPS) is 19.6.